The molecular weight excluding hydrogens is 702 g/mol. The number of fused-ring (bicyclic) bond motifs is 3. The van der Waals surface area contributed by atoms with Crippen molar-refractivity contribution >= 4 is 62.8 Å². The van der Waals surface area contributed by atoms with Gasteiger partial charge in [0.2, 0.25) is 0 Å². The van der Waals surface area contributed by atoms with Crippen LogP contribution in [0.15, 0.2) is 77.7 Å². The lowest BCUT2D eigenvalue weighted by Gasteiger charge is -2.16. The van der Waals surface area contributed by atoms with E-state index in [1.165, 1.54) is 5.56 Å². The molecule has 0 unspecified atom stereocenters. The summed E-state index contributed by atoms with van der Waals surface area (Å²) in [5.41, 5.74) is 6.70. The number of ether oxygens (including phenoxy) is 3. The number of aryl methyl sites for hydroxylation is 3. The predicted molar refractivity (Wildman–Crippen MR) is 208 cm³/mol. The molecule has 0 aliphatic carbocycles. The van der Waals surface area contributed by atoms with Gasteiger partial charge in [0.15, 0.2) is 0 Å². The van der Waals surface area contributed by atoms with Crippen LogP contribution in [0.5, 0.6) is 11.5 Å². The largest absolute Gasteiger partial charge is 0.497 e. The number of rotatable bonds is 13. The first-order valence-corrected chi connectivity index (χ1v) is 19.6. The lowest BCUT2D eigenvalue weighted by atomic mass is 9.98. The quantitative estimate of drug-likeness (QED) is 0.0713. The van der Waals surface area contributed by atoms with Crippen LogP contribution in [-0.2, 0) is 42.9 Å². The van der Waals surface area contributed by atoms with Crippen LogP contribution in [-0.4, -0.2) is 51.5 Å². The summed E-state index contributed by atoms with van der Waals surface area (Å²) in [7, 11) is 3.56. The number of aromatic nitrogens is 3. The number of halogens is 1. The van der Waals surface area contributed by atoms with Crippen molar-refractivity contribution in [2.45, 2.75) is 49.3 Å². The Balaban J connectivity index is 1.18. The maximum absolute atomic E-state index is 13.6. The van der Waals surface area contributed by atoms with E-state index < -0.39 is 0 Å². The van der Waals surface area contributed by atoms with E-state index in [2.05, 4.69) is 36.4 Å². The fourth-order valence-corrected chi connectivity index (χ4v) is 9.03. The molecule has 0 amide bonds. The van der Waals surface area contributed by atoms with Gasteiger partial charge in [0.25, 0.3) is 0 Å². The summed E-state index contributed by atoms with van der Waals surface area (Å²) in [5, 5.41) is 18.8. The van der Waals surface area contributed by atoms with Crippen LogP contribution in [0, 0.1) is 0 Å². The van der Waals surface area contributed by atoms with Crippen LogP contribution < -0.4 is 9.47 Å². The molecule has 6 aromatic rings. The second kappa shape index (κ2) is 15.7. The van der Waals surface area contributed by atoms with E-state index in [0.29, 0.717) is 35.9 Å². The maximum atomic E-state index is 13.6. The number of carbonyl (C=O) groups excluding carboxylic acids is 1. The number of hydrogen-bond acceptors (Lipinski definition) is 8. The van der Waals surface area contributed by atoms with E-state index in [0.717, 1.165) is 84.3 Å². The number of benzene rings is 4. The summed E-state index contributed by atoms with van der Waals surface area (Å²) in [6, 6.07) is 24.6. The smallest absolute Gasteiger partial charge is 0.355 e. The van der Waals surface area contributed by atoms with Gasteiger partial charge in [0, 0.05) is 51.1 Å². The van der Waals surface area contributed by atoms with E-state index in [-0.39, 0.29) is 19.2 Å². The number of carbonyl (C=O) groups is 1. The molecule has 7 rings (SSSR count). The van der Waals surface area contributed by atoms with E-state index in [9.17, 15) is 9.90 Å². The summed E-state index contributed by atoms with van der Waals surface area (Å²) >= 11 is 10.6. The number of thioether (sulfide) groups is 2. The predicted octanol–water partition coefficient (Wildman–Crippen LogP) is 9.08. The SMILES string of the molecule is CCOC(=O)c1c(CCCOc2cc(SCc3ccc(OC)cc3)cc3ccccc23)c2ccc(Cl)c(-c3c(CO)nn4c3CSCC4)c2n1C. The zero-order chi connectivity index (χ0) is 35.5. The molecule has 1 aliphatic heterocycles. The second-order valence-electron chi connectivity index (χ2n) is 12.4. The Labute approximate surface area is 311 Å². The third-order valence-corrected chi connectivity index (χ3v) is 11.6. The highest BCUT2D eigenvalue weighted by atomic mass is 35.5. The van der Waals surface area contributed by atoms with Crippen molar-refractivity contribution < 1.29 is 24.1 Å². The van der Waals surface area contributed by atoms with Crippen molar-refractivity contribution in [3.8, 4) is 22.6 Å². The minimum Gasteiger partial charge on any atom is -0.497 e. The van der Waals surface area contributed by atoms with Gasteiger partial charge >= 0.3 is 5.97 Å². The number of nitrogens with zero attached hydrogens (tertiary/aromatic N) is 3. The number of aliphatic hydroxyl groups excluding tert-OH is 1. The summed E-state index contributed by atoms with van der Waals surface area (Å²) in [6.45, 7) is 3.10. The molecule has 51 heavy (non-hydrogen) atoms. The van der Waals surface area contributed by atoms with E-state index >= 15 is 0 Å². The molecule has 1 N–H and O–H groups in total. The average molecular weight is 742 g/mol. The molecule has 0 radical (unpaired) electrons. The molecule has 4 aromatic carbocycles. The minimum atomic E-state index is -0.378. The number of esters is 1. The zero-order valence-corrected chi connectivity index (χ0v) is 31.3. The second-order valence-corrected chi connectivity index (χ2v) is 14.9. The molecule has 0 saturated carbocycles. The topological polar surface area (TPSA) is 87.7 Å². The van der Waals surface area contributed by atoms with Gasteiger partial charge < -0.3 is 23.9 Å². The van der Waals surface area contributed by atoms with E-state index in [1.54, 1.807) is 18.9 Å². The molecule has 2 aromatic heterocycles. The molecule has 264 valence electrons. The molecule has 0 spiro atoms. The molecule has 0 saturated heterocycles. The average Bonchev–Trinajstić information content (AvgIpc) is 3.67. The van der Waals surface area contributed by atoms with Crippen LogP contribution in [0.25, 0.3) is 32.8 Å². The van der Waals surface area contributed by atoms with Gasteiger partial charge in [-0.3, -0.25) is 4.68 Å². The Bertz CT molecular complexity index is 2210. The fraction of sp³-hybridized carbons (Fsp3) is 0.300. The first-order valence-electron chi connectivity index (χ1n) is 17.1. The Kier molecular flexibility index (Phi) is 10.8. The number of methoxy groups -OCH3 is 1. The normalized spacial score (nSPS) is 12.7. The Hall–Kier alpha value is -4.09. The van der Waals surface area contributed by atoms with Crippen LogP contribution in [0.4, 0.5) is 0 Å². The maximum Gasteiger partial charge on any atom is 0.355 e. The molecule has 0 atom stereocenters. The molecule has 0 bridgehead atoms. The fourth-order valence-electron chi connectivity index (χ4n) is 6.92. The number of hydrogen-bond donors (Lipinski definition) is 1. The van der Waals surface area contributed by atoms with Crippen molar-refractivity contribution in [3.05, 3.63) is 106 Å². The highest BCUT2D eigenvalue weighted by molar-refractivity contribution is 7.98. The first kappa shape index (κ1) is 35.3. The van der Waals surface area contributed by atoms with Gasteiger partial charge in [0.05, 0.1) is 55.4 Å². The van der Waals surface area contributed by atoms with Crippen molar-refractivity contribution in [1.29, 1.82) is 0 Å². The Morgan fingerprint density at radius 3 is 2.67 bits per heavy atom. The zero-order valence-electron chi connectivity index (χ0n) is 28.9. The molecule has 0 fully saturated rings. The molecule has 8 nitrogen and oxygen atoms in total. The molecule has 3 heterocycles. The highest BCUT2D eigenvalue weighted by Gasteiger charge is 2.29. The van der Waals surface area contributed by atoms with E-state index in [4.69, 9.17) is 30.9 Å². The molecule has 1 aliphatic rings. The summed E-state index contributed by atoms with van der Waals surface area (Å²) < 4.78 is 21.3. The Morgan fingerprint density at radius 1 is 1.06 bits per heavy atom. The van der Waals surface area contributed by atoms with Crippen LogP contribution >= 0.6 is 35.1 Å². The monoisotopic (exact) mass is 741 g/mol. The summed E-state index contributed by atoms with van der Waals surface area (Å²) in [4.78, 5) is 14.7. The van der Waals surface area contributed by atoms with Crippen molar-refractivity contribution in [1.82, 2.24) is 14.3 Å². The molecular formula is C40H40ClN3O5S2. The molecule has 11 heteroatoms. The van der Waals surface area contributed by atoms with E-state index in [1.807, 2.05) is 71.4 Å². The lowest BCUT2D eigenvalue weighted by molar-refractivity contribution is 0.0514. The third kappa shape index (κ3) is 7.07. The van der Waals surface area contributed by atoms with Gasteiger partial charge in [-0.05, 0) is 66.6 Å². The van der Waals surface area contributed by atoms with Gasteiger partial charge in [0.1, 0.15) is 17.2 Å². The van der Waals surface area contributed by atoms with Crippen molar-refractivity contribution in [3.63, 3.8) is 0 Å². The number of aliphatic hydroxyl groups is 1. The van der Waals surface area contributed by atoms with Crippen LogP contribution in [0.2, 0.25) is 5.02 Å². The standard InChI is InChI=1S/C40H40ClN3O5S2/c1-4-48-40(46)39-30(31-15-16-32(41)36(38(31)43(39)2)37-33(22-45)42-44-17-19-50-24-34(37)44)10-7-18-49-35-21-28(20-26-8-5-6-9-29(26)35)51-23-25-11-13-27(47-3)14-12-25/h5-6,8-9,11-16,20-21,45H,4,7,10,17-19,22-24H2,1-3H3. The van der Waals surface area contributed by atoms with Crippen LogP contribution in [0.3, 0.4) is 0 Å². The van der Waals surface area contributed by atoms with Gasteiger partial charge in [-0.2, -0.15) is 16.9 Å². The minimum absolute atomic E-state index is 0.206. The van der Waals surface area contributed by atoms with Crippen LogP contribution in [0.1, 0.15) is 46.3 Å². The Morgan fingerprint density at radius 2 is 1.88 bits per heavy atom. The van der Waals surface area contributed by atoms with Gasteiger partial charge in [-0.1, -0.05) is 54.1 Å². The van der Waals surface area contributed by atoms with Crippen molar-refractivity contribution in [2.75, 3.05) is 26.1 Å². The first-order chi connectivity index (χ1) is 24.9. The lowest BCUT2D eigenvalue weighted by Crippen LogP contribution is -2.13. The van der Waals surface area contributed by atoms with Crippen molar-refractivity contribution in [2.24, 2.45) is 7.05 Å². The summed E-state index contributed by atoms with van der Waals surface area (Å²) in [5.74, 6) is 3.86. The summed E-state index contributed by atoms with van der Waals surface area (Å²) in [6.07, 6.45) is 1.26. The third-order valence-electron chi connectivity index (χ3n) is 9.28. The van der Waals surface area contributed by atoms with Gasteiger partial charge in [-0.15, -0.1) is 11.8 Å². The van der Waals surface area contributed by atoms with Gasteiger partial charge in [-0.25, -0.2) is 4.79 Å². The highest BCUT2D eigenvalue weighted by Crippen LogP contribution is 2.44.